The maximum atomic E-state index is 6.40. The highest BCUT2D eigenvalue weighted by Gasteiger charge is 2.22. The molecule has 0 amide bonds. The Morgan fingerprint density at radius 3 is 1.94 bits per heavy atom. The van der Waals surface area contributed by atoms with Crippen LogP contribution in [-0.2, 0) is 6.42 Å². The Hall–Kier alpha value is -6.85. The highest BCUT2D eigenvalue weighted by molar-refractivity contribution is 6.15. The summed E-state index contributed by atoms with van der Waals surface area (Å²) < 4.78 is 12.7. The molecule has 0 bridgehead atoms. The molecular formula is C46H31N3O2. The summed E-state index contributed by atoms with van der Waals surface area (Å²) in [6.07, 6.45) is 10.7. The first-order valence-electron chi connectivity index (χ1n) is 16.9. The van der Waals surface area contributed by atoms with Crippen molar-refractivity contribution < 1.29 is 8.83 Å². The minimum atomic E-state index is 0.560. The molecule has 0 aliphatic rings. The lowest BCUT2D eigenvalue weighted by Gasteiger charge is -2.14. The first-order chi connectivity index (χ1) is 25.2. The zero-order valence-corrected chi connectivity index (χ0v) is 27.7. The smallest absolute Gasteiger partial charge is 0.165 e. The van der Waals surface area contributed by atoms with E-state index in [0.29, 0.717) is 17.5 Å². The molecule has 0 spiro atoms. The summed E-state index contributed by atoms with van der Waals surface area (Å²) in [6, 6.07) is 45.3. The predicted octanol–water partition coefficient (Wildman–Crippen LogP) is 12.2. The summed E-state index contributed by atoms with van der Waals surface area (Å²) in [5.74, 6) is 1.71. The van der Waals surface area contributed by atoms with Gasteiger partial charge in [0.2, 0.25) is 0 Å². The fourth-order valence-electron chi connectivity index (χ4n) is 6.73. The first kappa shape index (κ1) is 30.2. The van der Waals surface area contributed by atoms with Gasteiger partial charge in [-0.25, -0.2) is 15.0 Å². The maximum Gasteiger partial charge on any atom is 0.165 e. The standard InChI is InChI=1S/C46H31N3O2/c1-2-3-4-5-7-14-30-21-23-31(24-22-30)34-27-28-40-42(37-18-11-13-20-39(37)50-40)43(34)46-48-44(32-15-8-6-9-16-32)47-45(49-46)33-25-26-36-35-17-10-12-19-38(35)51-41(36)29-33/h2-13,15-29H,1,14H2/b4-3-,7-5-. The van der Waals surface area contributed by atoms with Crippen molar-refractivity contribution in [2.24, 2.45) is 0 Å². The van der Waals surface area contributed by atoms with Crippen LogP contribution in [0.1, 0.15) is 5.56 Å². The van der Waals surface area contributed by atoms with E-state index >= 15 is 0 Å². The van der Waals surface area contributed by atoms with E-state index in [0.717, 1.165) is 78.1 Å². The quantitative estimate of drug-likeness (QED) is 0.152. The molecule has 0 N–H and O–H groups in total. The van der Waals surface area contributed by atoms with Crippen LogP contribution in [0.15, 0.2) is 179 Å². The minimum Gasteiger partial charge on any atom is -0.456 e. The van der Waals surface area contributed by atoms with E-state index in [-0.39, 0.29) is 0 Å². The fourth-order valence-corrected chi connectivity index (χ4v) is 6.73. The van der Waals surface area contributed by atoms with Crippen LogP contribution in [0.3, 0.4) is 0 Å². The SMILES string of the molecule is C=C/C=C\C=C/Cc1ccc(-c2ccc3oc4ccccc4c3c2-c2nc(-c3ccccc3)nc(-c3ccc4c(c3)oc3ccccc34)n2)cc1. The molecule has 3 aromatic heterocycles. The van der Waals surface area contributed by atoms with Crippen molar-refractivity contribution in [1.29, 1.82) is 0 Å². The minimum absolute atomic E-state index is 0.560. The summed E-state index contributed by atoms with van der Waals surface area (Å²) in [5.41, 5.74) is 9.14. The highest BCUT2D eigenvalue weighted by atomic mass is 16.3. The van der Waals surface area contributed by atoms with Crippen LogP contribution in [0.4, 0.5) is 0 Å². The molecular weight excluding hydrogens is 627 g/mol. The molecule has 9 aromatic rings. The Bertz CT molecular complexity index is 2790. The number of benzene rings is 6. The van der Waals surface area contributed by atoms with Gasteiger partial charge in [0.1, 0.15) is 22.3 Å². The van der Waals surface area contributed by atoms with E-state index in [2.05, 4.69) is 67.3 Å². The molecule has 51 heavy (non-hydrogen) atoms. The molecule has 5 nitrogen and oxygen atoms in total. The molecule has 0 atom stereocenters. The lowest BCUT2D eigenvalue weighted by Crippen LogP contribution is -2.01. The van der Waals surface area contributed by atoms with Gasteiger partial charge in [0.25, 0.3) is 0 Å². The second-order valence-corrected chi connectivity index (χ2v) is 12.4. The largest absolute Gasteiger partial charge is 0.456 e. The highest BCUT2D eigenvalue weighted by Crippen LogP contribution is 2.42. The average Bonchev–Trinajstić information content (AvgIpc) is 3.76. The number of hydrogen-bond acceptors (Lipinski definition) is 5. The predicted molar refractivity (Wildman–Crippen MR) is 208 cm³/mol. The van der Waals surface area contributed by atoms with Crippen molar-refractivity contribution in [3.8, 4) is 45.3 Å². The van der Waals surface area contributed by atoms with E-state index in [1.807, 2.05) is 97.1 Å². The third kappa shape index (κ3) is 5.61. The van der Waals surface area contributed by atoms with Crippen molar-refractivity contribution >= 4 is 43.9 Å². The summed E-state index contributed by atoms with van der Waals surface area (Å²) in [4.78, 5) is 15.5. The molecule has 3 heterocycles. The van der Waals surface area contributed by atoms with Gasteiger partial charge in [-0.05, 0) is 59.5 Å². The van der Waals surface area contributed by atoms with E-state index in [1.54, 1.807) is 6.08 Å². The normalized spacial score (nSPS) is 11.9. The molecule has 0 aliphatic carbocycles. The third-order valence-corrected chi connectivity index (χ3v) is 9.18. The summed E-state index contributed by atoms with van der Waals surface area (Å²) in [7, 11) is 0. The second kappa shape index (κ2) is 12.9. The van der Waals surface area contributed by atoms with Gasteiger partial charge in [0, 0.05) is 38.2 Å². The number of rotatable bonds is 8. The fraction of sp³-hybridized carbons (Fsp3) is 0.0217. The van der Waals surface area contributed by atoms with Crippen molar-refractivity contribution in [2.75, 3.05) is 0 Å². The Balaban J connectivity index is 1.26. The van der Waals surface area contributed by atoms with Crippen molar-refractivity contribution in [1.82, 2.24) is 15.0 Å². The molecule has 6 aromatic carbocycles. The number of allylic oxidation sites excluding steroid dienone is 5. The van der Waals surface area contributed by atoms with Gasteiger partial charge in [0.15, 0.2) is 17.5 Å². The molecule has 0 saturated heterocycles. The molecule has 0 fully saturated rings. The number of fused-ring (bicyclic) bond motifs is 6. The molecule has 0 saturated carbocycles. The van der Waals surface area contributed by atoms with Crippen molar-refractivity contribution in [3.63, 3.8) is 0 Å². The number of para-hydroxylation sites is 2. The summed E-state index contributed by atoms with van der Waals surface area (Å²) in [6.45, 7) is 3.73. The van der Waals surface area contributed by atoms with Gasteiger partial charge in [-0.1, -0.05) is 134 Å². The topological polar surface area (TPSA) is 65.0 Å². The molecule has 0 aliphatic heterocycles. The zero-order valence-electron chi connectivity index (χ0n) is 27.7. The molecule has 0 unspecified atom stereocenters. The lowest BCUT2D eigenvalue weighted by molar-refractivity contribution is 0.668. The van der Waals surface area contributed by atoms with E-state index < -0.39 is 0 Å². The Morgan fingerprint density at radius 1 is 0.490 bits per heavy atom. The monoisotopic (exact) mass is 657 g/mol. The van der Waals surface area contributed by atoms with Gasteiger partial charge < -0.3 is 8.83 Å². The van der Waals surface area contributed by atoms with Crippen LogP contribution in [-0.4, -0.2) is 15.0 Å². The van der Waals surface area contributed by atoms with E-state index in [4.69, 9.17) is 23.8 Å². The van der Waals surface area contributed by atoms with E-state index in [9.17, 15) is 0 Å². The van der Waals surface area contributed by atoms with Crippen molar-refractivity contribution in [3.05, 3.63) is 176 Å². The first-order valence-corrected chi connectivity index (χ1v) is 16.9. The molecule has 9 rings (SSSR count). The average molecular weight is 658 g/mol. The summed E-state index contributed by atoms with van der Waals surface area (Å²) >= 11 is 0. The van der Waals surface area contributed by atoms with Gasteiger partial charge in [-0.15, -0.1) is 0 Å². The van der Waals surface area contributed by atoms with Crippen LogP contribution < -0.4 is 0 Å². The molecule has 0 radical (unpaired) electrons. The number of aromatic nitrogens is 3. The van der Waals surface area contributed by atoms with Gasteiger partial charge in [-0.3, -0.25) is 0 Å². The zero-order chi connectivity index (χ0) is 34.1. The van der Waals surface area contributed by atoms with Crippen LogP contribution in [0.5, 0.6) is 0 Å². The van der Waals surface area contributed by atoms with Gasteiger partial charge in [-0.2, -0.15) is 0 Å². The molecule has 5 heteroatoms. The summed E-state index contributed by atoms with van der Waals surface area (Å²) in [5, 5.41) is 4.10. The third-order valence-electron chi connectivity index (χ3n) is 9.18. The van der Waals surface area contributed by atoms with Gasteiger partial charge >= 0.3 is 0 Å². The Kier molecular flexibility index (Phi) is 7.63. The maximum absolute atomic E-state index is 6.40. The van der Waals surface area contributed by atoms with Crippen LogP contribution in [0.2, 0.25) is 0 Å². The van der Waals surface area contributed by atoms with Crippen LogP contribution >= 0.6 is 0 Å². The second-order valence-electron chi connectivity index (χ2n) is 12.4. The lowest BCUT2D eigenvalue weighted by atomic mass is 9.93. The Morgan fingerprint density at radius 2 is 1.14 bits per heavy atom. The van der Waals surface area contributed by atoms with Crippen LogP contribution in [0, 0.1) is 0 Å². The number of hydrogen-bond donors (Lipinski definition) is 0. The van der Waals surface area contributed by atoms with Gasteiger partial charge in [0.05, 0.1) is 0 Å². The van der Waals surface area contributed by atoms with Crippen LogP contribution in [0.25, 0.3) is 89.2 Å². The molecule has 242 valence electrons. The number of furan rings is 2. The Labute approximate surface area is 294 Å². The van der Waals surface area contributed by atoms with Crippen molar-refractivity contribution in [2.45, 2.75) is 6.42 Å². The van der Waals surface area contributed by atoms with E-state index in [1.165, 1.54) is 5.56 Å². The number of nitrogens with zero attached hydrogens (tertiary/aromatic N) is 3.